The third-order valence-electron chi connectivity index (χ3n) is 6.55. The molecule has 4 rings (SSSR count). The molecule has 2 bridgehead atoms. The van der Waals surface area contributed by atoms with Gasteiger partial charge in [-0.2, -0.15) is 5.26 Å². The summed E-state index contributed by atoms with van der Waals surface area (Å²) in [6.45, 7) is 8.80. The van der Waals surface area contributed by atoms with Crippen LogP contribution in [0, 0.1) is 18.3 Å². The summed E-state index contributed by atoms with van der Waals surface area (Å²) in [4.78, 5) is 15.5. The predicted molar refractivity (Wildman–Crippen MR) is 112 cm³/mol. The SMILES string of the molecule is Cc1c(C(=O)CN2C3CCC2[C@H](O)C3)cc(C(C)(C)C)n1-c1ccc(C#N)cc1. The molecule has 2 aromatic rings. The van der Waals surface area contributed by atoms with Gasteiger partial charge in [0.1, 0.15) is 0 Å². The minimum atomic E-state index is -0.295. The lowest BCUT2D eigenvalue weighted by molar-refractivity contribution is 0.0873. The van der Waals surface area contributed by atoms with Crippen molar-refractivity contribution in [1.29, 1.82) is 5.26 Å². The van der Waals surface area contributed by atoms with Crippen LogP contribution in [0.25, 0.3) is 5.69 Å². The zero-order chi connectivity index (χ0) is 20.9. The molecule has 1 aromatic carbocycles. The molecule has 2 saturated heterocycles. The number of aliphatic hydroxyl groups excluding tert-OH is 1. The molecule has 1 N–H and O–H groups in total. The van der Waals surface area contributed by atoms with E-state index in [-0.39, 0.29) is 23.3 Å². The van der Waals surface area contributed by atoms with Gasteiger partial charge < -0.3 is 9.67 Å². The monoisotopic (exact) mass is 391 g/mol. The van der Waals surface area contributed by atoms with E-state index in [0.717, 1.165) is 41.9 Å². The van der Waals surface area contributed by atoms with Gasteiger partial charge in [0.2, 0.25) is 0 Å². The smallest absolute Gasteiger partial charge is 0.178 e. The van der Waals surface area contributed by atoms with Crippen LogP contribution in [0.5, 0.6) is 0 Å². The number of fused-ring (bicyclic) bond motifs is 2. The molecule has 3 heterocycles. The highest BCUT2D eigenvalue weighted by molar-refractivity contribution is 5.99. The Bertz CT molecular complexity index is 975. The number of nitrogens with zero attached hydrogens (tertiary/aromatic N) is 3. The van der Waals surface area contributed by atoms with Crippen LogP contribution in [0.2, 0.25) is 0 Å². The van der Waals surface area contributed by atoms with Gasteiger partial charge in [0.05, 0.1) is 24.3 Å². The van der Waals surface area contributed by atoms with Crippen molar-refractivity contribution in [2.75, 3.05) is 6.54 Å². The highest BCUT2D eigenvalue weighted by Gasteiger charge is 2.46. The Kier molecular flexibility index (Phi) is 4.88. The molecule has 2 aliphatic heterocycles. The topological polar surface area (TPSA) is 69.3 Å². The van der Waals surface area contributed by atoms with E-state index in [9.17, 15) is 9.90 Å². The normalized spacial score (nSPS) is 24.1. The summed E-state index contributed by atoms with van der Waals surface area (Å²) in [6, 6.07) is 12.2. The summed E-state index contributed by atoms with van der Waals surface area (Å²) >= 11 is 0. The van der Waals surface area contributed by atoms with E-state index in [1.807, 2.05) is 37.3 Å². The van der Waals surface area contributed by atoms with E-state index in [4.69, 9.17) is 5.26 Å². The predicted octanol–water partition coefficient (Wildman–Crippen LogP) is 3.74. The summed E-state index contributed by atoms with van der Waals surface area (Å²) in [6.07, 6.45) is 2.55. The first kappa shape index (κ1) is 19.9. The summed E-state index contributed by atoms with van der Waals surface area (Å²) in [5, 5.41) is 19.3. The highest BCUT2D eigenvalue weighted by Crippen LogP contribution is 2.38. The second kappa shape index (κ2) is 7.12. The van der Waals surface area contributed by atoms with Gasteiger partial charge in [0.25, 0.3) is 0 Å². The average molecular weight is 392 g/mol. The number of ketones is 1. The van der Waals surface area contributed by atoms with Crippen LogP contribution in [-0.4, -0.2) is 45.1 Å². The highest BCUT2D eigenvalue weighted by atomic mass is 16.3. The zero-order valence-electron chi connectivity index (χ0n) is 17.6. The summed E-state index contributed by atoms with van der Waals surface area (Å²) in [5.41, 5.74) is 4.20. The second-order valence-electron chi connectivity index (χ2n) is 9.47. The Balaban J connectivity index is 1.70. The molecule has 5 nitrogen and oxygen atoms in total. The van der Waals surface area contributed by atoms with Gasteiger partial charge >= 0.3 is 0 Å². The summed E-state index contributed by atoms with van der Waals surface area (Å²) in [7, 11) is 0. The Labute approximate surface area is 172 Å². The van der Waals surface area contributed by atoms with Crippen molar-refractivity contribution < 1.29 is 9.90 Å². The molecule has 0 radical (unpaired) electrons. The lowest BCUT2D eigenvalue weighted by Gasteiger charge is -2.22. The number of benzene rings is 1. The van der Waals surface area contributed by atoms with E-state index < -0.39 is 0 Å². The van der Waals surface area contributed by atoms with Crippen molar-refractivity contribution >= 4 is 5.78 Å². The number of rotatable bonds is 4. The van der Waals surface area contributed by atoms with Crippen molar-refractivity contribution in [3.05, 3.63) is 52.8 Å². The van der Waals surface area contributed by atoms with Crippen molar-refractivity contribution in [2.45, 2.75) is 70.6 Å². The van der Waals surface area contributed by atoms with Crippen LogP contribution in [-0.2, 0) is 5.41 Å². The third kappa shape index (κ3) is 3.41. The van der Waals surface area contributed by atoms with Crippen molar-refractivity contribution in [1.82, 2.24) is 9.47 Å². The number of Topliss-reactive ketones (excluding diaryl/α,β-unsaturated/α-hetero) is 1. The van der Waals surface area contributed by atoms with Crippen LogP contribution in [0.4, 0.5) is 0 Å². The van der Waals surface area contributed by atoms with E-state index in [2.05, 4.69) is 36.3 Å². The fourth-order valence-electron chi connectivity index (χ4n) is 5.02. The fourth-order valence-corrected chi connectivity index (χ4v) is 5.02. The second-order valence-corrected chi connectivity index (χ2v) is 9.47. The van der Waals surface area contributed by atoms with E-state index in [1.165, 1.54) is 0 Å². The molecule has 2 fully saturated rings. The lowest BCUT2D eigenvalue weighted by Crippen LogP contribution is -2.36. The van der Waals surface area contributed by atoms with Crippen LogP contribution < -0.4 is 0 Å². The minimum absolute atomic E-state index is 0.117. The van der Waals surface area contributed by atoms with Crippen molar-refractivity contribution in [3.63, 3.8) is 0 Å². The maximum absolute atomic E-state index is 13.3. The largest absolute Gasteiger partial charge is 0.391 e. The Hall–Kier alpha value is -2.42. The molecular formula is C24H29N3O2. The molecule has 2 unspecified atom stereocenters. The van der Waals surface area contributed by atoms with Gasteiger partial charge in [0, 0.05) is 40.1 Å². The standard InChI is InChI=1S/C24H29N3O2/c1-15-19(22(29)14-26-18-9-10-20(26)21(28)11-18)12-23(24(2,3)4)27(15)17-7-5-16(13-25)6-8-17/h5-8,12,18,20-21,28H,9-11,14H2,1-4H3/t18?,20?,21-/m1/s1. The summed E-state index contributed by atoms with van der Waals surface area (Å²) < 4.78 is 2.14. The first-order valence-corrected chi connectivity index (χ1v) is 10.4. The summed E-state index contributed by atoms with van der Waals surface area (Å²) in [5.74, 6) is 0.117. The van der Waals surface area contributed by atoms with E-state index >= 15 is 0 Å². The van der Waals surface area contributed by atoms with Gasteiger partial charge in [-0.05, 0) is 56.5 Å². The zero-order valence-corrected chi connectivity index (χ0v) is 17.6. The number of aliphatic hydroxyl groups is 1. The van der Waals surface area contributed by atoms with Crippen LogP contribution in [0.3, 0.4) is 0 Å². The van der Waals surface area contributed by atoms with E-state index in [1.54, 1.807) is 0 Å². The Morgan fingerprint density at radius 2 is 1.93 bits per heavy atom. The third-order valence-corrected chi connectivity index (χ3v) is 6.55. The molecule has 0 amide bonds. The lowest BCUT2D eigenvalue weighted by atomic mass is 9.91. The number of carbonyl (C=O) groups excluding carboxylic acids is 1. The number of hydrogen-bond donors (Lipinski definition) is 1. The molecular weight excluding hydrogens is 362 g/mol. The van der Waals surface area contributed by atoms with Crippen LogP contribution >= 0.6 is 0 Å². The Morgan fingerprint density at radius 3 is 2.45 bits per heavy atom. The number of nitriles is 1. The molecule has 0 aliphatic carbocycles. The van der Waals surface area contributed by atoms with Crippen molar-refractivity contribution in [2.24, 2.45) is 0 Å². The van der Waals surface area contributed by atoms with Gasteiger partial charge in [-0.3, -0.25) is 9.69 Å². The molecule has 3 atom stereocenters. The van der Waals surface area contributed by atoms with Gasteiger partial charge in [-0.15, -0.1) is 0 Å². The molecule has 152 valence electrons. The molecule has 1 aromatic heterocycles. The van der Waals surface area contributed by atoms with Crippen LogP contribution in [0.15, 0.2) is 30.3 Å². The van der Waals surface area contributed by atoms with Crippen molar-refractivity contribution in [3.8, 4) is 11.8 Å². The number of hydrogen-bond acceptors (Lipinski definition) is 4. The molecule has 2 aliphatic rings. The molecule has 29 heavy (non-hydrogen) atoms. The maximum atomic E-state index is 13.3. The molecule has 0 spiro atoms. The first-order chi connectivity index (χ1) is 13.7. The fraction of sp³-hybridized carbons (Fsp3) is 0.500. The molecule has 0 saturated carbocycles. The number of carbonyl (C=O) groups is 1. The average Bonchev–Trinajstić information content (AvgIpc) is 3.31. The maximum Gasteiger partial charge on any atom is 0.178 e. The number of aromatic nitrogens is 1. The minimum Gasteiger partial charge on any atom is -0.391 e. The van der Waals surface area contributed by atoms with Gasteiger partial charge in [0.15, 0.2) is 5.78 Å². The quantitative estimate of drug-likeness (QED) is 0.806. The van der Waals surface area contributed by atoms with Gasteiger partial charge in [-0.25, -0.2) is 0 Å². The first-order valence-electron chi connectivity index (χ1n) is 10.4. The van der Waals surface area contributed by atoms with Crippen LogP contribution in [0.1, 0.15) is 67.3 Å². The Morgan fingerprint density at radius 1 is 1.24 bits per heavy atom. The van der Waals surface area contributed by atoms with E-state index in [0.29, 0.717) is 18.2 Å². The van der Waals surface area contributed by atoms with Gasteiger partial charge in [-0.1, -0.05) is 20.8 Å². The molecule has 5 heteroatoms.